The summed E-state index contributed by atoms with van der Waals surface area (Å²) in [5.74, 6) is 0. The monoisotopic (exact) mass is 574 g/mol. The molecule has 1 aromatic heterocycles. The Balaban J connectivity index is 1.35. The Morgan fingerprint density at radius 1 is 0.744 bits per heavy atom. The number of anilines is 3. The summed E-state index contributed by atoms with van der Waals surface area (Å²) in [7, 11) is 4.25. The van der Waals surface area contributed by atoms with Crippen molar-refractivity contribution < 1.29 is 4.57 Å². The molecule has 7 rings (SSSR count). The van der Waals surface area contributed by atoms with Gasteiger partial charge in [0.2, 0.25) is 5.52 Å². The molecule has 0 fully saturated rings. The molecule has 0 saturated heterocycles. The minimum Gasteiger partial charge on any atom is -0.338 e. The summed E-state index contributed by atoms with van der Waals surface area (Å²) in [5.41, 5.74) is 9.55. The van der Waals surface area contributed by atoms with Crippen LogP contribution in [-0.4, -0.2) is 7.05 Å². The number of benzene rings is 4. The summed E-state index contributed by atoms with van der Waals surface area (Å²) in [6.07, 6.45) is 11.0. The van der Waals surface area contributed by atoms with Gasteiger partial charge in [-0.15, -0.1) is 0 Å². The Kier molecular flexibility index (Phi) is 7.33. The Bertz CT molecular complexity index is 1880. The Morgan fingerprint density at radius 2 is 1.42 bits per heavy atom. The number of fused-ring (bicyclic) bond motifs is 2. The predicted molar refractivity (Wildman–Crippen MR) is 180 cm³/mol. The SMILES string of the molecule is CN1/C(=C/C=C2\CCC(/C=C/c3c#cc4ccccc4[n+]3C)=C2N(c2ccccc2)c2ccccc2)Sc2ccccc21. The first-order chi connectivity index (χ1) is 21.2. The zero-order valence-corrected chi connectivity index (χ0v) is 25.2. The summed E-state index contributed by atoms with van der Waals surface area (Å²) >= 11 is 1.83. The average molecular weight is 575 g/mol. The maximum Gasteiger partial charge on any atom is 0.257 e. The molecule has 4 heteroatoms. The van der Waals surface area contributed by atoms with Crippen molar-refractivity contribution in [2.45, 2.75) is 17.7 Å². The fraction of sp³-hybridized carbons (Fsp3) is 0.103. The largest absolute Gasteiger partial charge is 0.338 e. The molecular weight excluding hydrogens is 543 g/mol. The van der Waals surface area contributed by atoms with Gasteiger partial charge >= 0.3 is 0 Å². The first kappa shape index (κ1) is 26.9. The van der Waals surface area contributed by atoms with E-state index in [4.69, 9.17) is 0 Å². The second-order valence-corrected chi connectivity index (χ2v) is 11.8. The van der Waals surface area contributed by atoms with E-state index in [1.54, 1.807) is 0 Å². The lowest BCUT2D eigenvalue weighted by Gasteiger charge is -2.28. The fourth-order valence-electron chi connectivity index (χ4n) is 5.87. The third kappa shape index (κ3) is 5.25. The van der Waals surface area contributed by atoms with Crippen molar-refractivity contribution in [2.75, 3.05) is 16.8 Å². The van der Waals surface area contributed by atoms with Crippen molar-refractivity contribution in [2.24, 2.45) is 7.05 Å². The number of nitrogens with zero attached hydrogens (tertiary/aromatic N) is 3. The van der Waals surface area contributed by atoms with Crippen molar-refractivity contribution in [1.82, 2.24) is 0 Å². The van der Waals surface area contributed by atoms with Gasteiger partial charge in [0.05, 0.1) is 21.8 Å². The van der Waals surface area contributed by atoms with E-state index in [9.17, 15) is 0 Å². The summed E-state index contributed by atoms with van der Waals surface area (Å²) in [5, 5.41) is 2.30. The molecule has 1 aliphatic carbocycles. The molecule has 3 nitrogen and oxygen atoms in total. The molecule has 2 aliphatic rings. The number of thioether (sulfide) groups is 1. The van der Waals surface area contributed by atoms with Crippen LogP contribution in [-0.2, 0) is 7.05 Å². The van der Waals surface area contributed by atoms with Crippen molar-refractivity contribution in [3.8, 4) is 0 Å². The van der Waals surface area contributed by atoms with E-state index in [0.717, 1.165) is 40.8 Å². The van der Waals surface area contributed by atoms with E-state index in [1.807, 2.05) is 17.8 Å². The lowest BCUT2D eigenvalue weighted by Crippen LogP contribution is -2.32. The Labute approximate surface area is 258 Å². The van der Waals surface area contributed by atoms with Crippen LogP contribution >= 0.6 is 11.8 Å². The first-order valence-electron chi connectivity index (χ1n) is 14.6. The maximum atomic E-state index is 3.38. The molecule has 5 aromatic rings. The summed E-state index contributed by atoms with van der Waals surface area (Å²) in [6, 6.07) is 45.0. The number of para-hydroxylation sites is 4. The summed E-state index contributed by atoms with van der Waals surface area (Å²) in [6.45, 7) is 0. The highest BCUT2D eigenvalue weighted by atomic mass is 32.2. The molecule has 0 N–H and O–H groups in total. The third-order valence-electron chi connectivity index (χ3n) is 8.12. The topological polar surface area (TPSA) is 10.4 Å². The van der Waals surface area contributed by atoms with E-state index in [-0.39, 0.29) is 0 Å². The smallest absolute Gasteiger partial charge is 0.257 e. The van der Waals surface area contributed by atoms with Gasteiger partial charge < -0.3 is 9.80 Å². The normalized spacial score (nSPS) is 16.5. The molecule has 2 heterocycles. The molecule has 0 bridgehead atoms. The highest BCUT2D eigenvalue weighted by molar-refractivity contribution is 8.03. The molecular formula is C39H32N3S+. The van der Waals surface area contributed by atoms with Crippen molar-refractivity contribution in [3.05, 3.63) is 167 Å². The molecule has 0 amide bonds. The molecule has 43 heavy (non-hydrogen) atoms. The molecule has 0 radical (unpaired) electrons. The molecule has 0 atom stereocenters. The maximum absolute atomic E-state index is 3.38. The molecule has 1 aliphatic heterocycles. The van der Waals surface area contributed by atoms with Crippen molar-refractivity contribution in [3.63, 3.8) is 0 Å². The van der Waals surface area contributed by atoms with Gasteiger partial charge in [-0.1, -0.05) is 78.5 Å². The van der Waals surface area contributed by atoms with Crippen molar-refractivity contribution in [1.29, 1.82) is 0 Å². The third-order valence-corrected chi connectivity index (χ3v) is 9.30. The molecule has 208 valence electrons. The van der Waals surface area contributed by atoms with Gasteiger partial charge in [-0.2, -0.15) is 4.57 Å². The number of hydrogen-bond acceptors (Lipinski definition) is 3. The molecule has 0 saturated carbocycles. The predicted octanol–water partition coefficient (Wildman–Crippen LogP) is 9.17. The van der Waals surface area contributed by atoms with Crippen LogP contribution in [0.5, 0.6) is 0 Å². The quantitative estimate of drug-likeness (QED) is 0.187. The van der Waals surface area contributed by atoms with Crippen LogP contribution < -0.4 is 14.4 Å². The lowest BCUT2D eigenvalue weighted by molar-refractivity contribution is -0.646. The van der Waals surface area contributed by atoms with Crippen LogP contribution in [0.3, 0.4) is 0 Å². The summed E-state index contributed by atoms with van der Waals surface area (Å²) in [4.78, 5) is 5.99. The Hall–Kier alpha value is -4.98. The van der Waals surface area contributed by atoms with Crippen LogP contribution in [0.4, 0.5) is 17.1 Å². The number of hydrogen-bond donors (Lipinski definition) is 0. The van der Waals surface area contributed by atoms with Crippen LogP contribution in [0.15, 0.2) is 154 Å². The van der Waals surface area contributed by atoms with Crippen LogP contribution in [0.1, 0.15) is 18.5 Å². The lowest BCUT2D eigenvalue weighted by atomic mass is 10.1. The van der Waals surface area contributed by atoms with Gasteiger partial charge in [0, 0.05) is 41.5 Å². The van der Waals surface area contributed by atoms with Crippen LogP contribution in [0.25, 0.3) is 17.0 Å². The second kappa shape index (κ2) is 11.7. The van der Waals surface area contributed by atoms with Gasteiger partial charge in [0.25, 0.3) is 5.69 Å². The van der Waals surface area contributed by atoms with E-state index >= 15 is 0 Å². The number of aromatic nitrogens is 1. The van der Waals surface area contributed by atoms with Crippen LogP contribution in [0, 0.1) is 12.1 Å². The molecule has 4 aromatic carbocycles. The zero-order chi connectivity index (χ0) is 29.2. The van der Waals surface area contributed by atoms with E-state index in [2.05, 4.69) is 168 Å². The second-order valence-electron chi connectivity index (χ2n) is 10.8. The van der Waals surface area contributed by atoms with Gasteiger partial charge in [-0.3, -0.25) is 0 Å². The summed E-state index contributed by atoms with van der Waals surface area (Å²) < 4.78 is 2.19. The van der Waals surface area contributed by atoms with Gasteiger partial charge in [-0.25, -0.2) is 0 Å². The van der Waals surface area contributed by atoms with E-state index < -0.39 is 0 Å². The average Bonchev–Trinajstić information content (AvgIpc) is 3.61. The number of rotatable bonds is 6. The standard InChI is InChI=1S/C39H32N3S/c1-40-32(26-23-29-13-9-10-18-35(29)40)27-24-30-21-22-31(25-28-38-41(2)36-19-11-12-20-37(36)43-38)39(30)42(33-14-5-3-6-15-33)34-16-7-4-8-17-34/h3-20,24-25,27-28H,21-22H2,1-2H3/q+1. The highest BCUT2D eigenvalue weighted by Gasteiger charge is 2.27. The van der Waals surface area contributed by atoms with Gasteiger partial charge in [-0.05, 0) is 84.7 Å². The minimum absolute atomic E-state index is 0.960. The van der Waals surface area contributed by atoms with E-state index in [1.165, 1.54) is 32.5 Å². The molecule has 0 spiro atoms. The number of allylic oxidation sites excluding steroid dienone is 5. The van der Waals surface area contributed by atoms with Gasteiger partial charge in [0.15, 0.2) is 0 Å². The van der Waals surface area contributed by atoms with Crippen molar-refractivity contribution >= 4 is 45.8 Å². The van der Waals surface area contributed by atoms with Gasteiger partial charge in [0.1, 0.15) is 7.05 Å². The fourth-order valence-corrected chi connectivity index (χ4v) is 6.93. The van der Waals surface area contributed by atoms with Crippen LogP contribution in [0.2, 0.25) is 0 Å². The molecule has 0 unspecified atom stereocenters. The Morgan fingerprint density at radius 3 is 2.16 bits per heavy atom. The highest BCUT2D eigenvalue weighted by Crippen LogP contribution is 2.46. The number of aryl methyl sites for hydroxylation is 1. The first-order valence-corrected chi connectivity index (χ1v) is 15.4. The minimum atomic E-state index is 0.960. The zero-order valence-electron chi connectivity index (χ0n) is 24.4. The van der Waals surface area contributed by atoms with E-state index in [0.29, 0.717) is 0 Å².